The van der Waals surface area contributed by atoms with E-state index in [0.717, 1.165) is 18.4 Å². The molecule has 2 rings (SSSR count). The van der Waals surface area contributed by atoms with Gasteiger partial charge in [0.25, 0.3) is 0 Å². The lowest BCUT2D eigenvalue weighted by atomic mass is 10.1. The first-order valence-electron chi connectivity index (χ1n) is 6.16. The molecule has 0 atom stereocenters. The molecule has 1 aliphatic rings. The van der Waals surface area contributed by atoms with Gasteiger partial charge in [-0.2, -0.15) is 0 Å². The van der Waals surface area contributed by atoms with Gasteiger partial charge >= 0.3 is 0 Å². The fourth-order valence-corrected chi connectivity index (χ4v) is 1.96. The van der Waals surface area contributed by atoms with Crippen molar-refractivity contribution in [3.63, 3.8) is 0 Å². The Morgan fingerprint density at radius 1 is 1.47 bits per heavy atom. The average molecular weight is 233 g/mol. The van der Waals surface area contributed by atoms with Crippen molar-refractivity contribution in [1.29, 1.82) is 0 Å². The van der Waals surface area contributed by atoms with Crippen LogP contribution >= 0.6 is 0 Å². The van der Waals surface area contributed by atoms with Gasteiger partial charge in [-0.1, -0.05) is 26.0 Å². The minimum atomic E-state index is 0.0351. The second-order valence-electron chi connectivity index (χ2n) is 5.02. The zero-order chi connectivity index (χ0) is 12.4. The van der Waals surface area contributed by atoms with E-state index in [1.807, 2.05) is 30.9 Å². The van der Waals surface area contributed by atoms with Crippen LogP contribution in [0.2, 0.25) is 0 Å². The second kappa shape index (κ2) is 4.78. The Morgan fingerprint density at radius 3 is 2.71 bits per heavy atom. The largest absolute Gasteiger partial charge is 0.508 e. The van der Waals surface area contributed by atoms with E-state index in [4.69, 9.17) is 0 Å². The number of hydrogen-bond donors (Lipinski definition) is 1. The molecule has 1 aliphatic carbocycles. The van der Waals surface area contributed by atoms with Crippen LogP contribution < -0.4 is 0 Å². The molecule has 17 heavy (non-hydrogen) atoms. The van der Waals surface area contributed by atoms with Gasteiger partial charge < -0.3 is 10.0 Å². The maximum atomic E-state index is 12.1. The molecule has 0 radical (unpaired) electrons. The van der Waals surface area contributed by atoms with Gasteiger partial charge in [0.15, 0.2) is 0 Å². The molecule has 1 saturated carbocycles. The summed E-state index contributed by atoms with van der Waals surface area (Å²) < 4.78 is 0. The zero-order valence-corrected chi connectivity index (χ0v) is 10.4. The van der Waals surface area contributed by atoms with Gasteiger partial charge in [0, 0.05) is 18.5 Å². The summed E-state index contributed by atoms with van der Waals surface area (Å²) >= 11 is 0. The Bertz CT molecular complexity index is 410. The molecule has 1 N–H and O–H groups in total. The highest BCUT2D eigenvalue weighted by molar-refractivity contribution is 5.78. The van der Waals surface area contributed by atoms with Crippen LogP contribution in [0.4, 0.5) is 0 Å². The van der Waals surface area contributed by atoms with E-state index in [1.54, 1.807) is 12.1 Å². The van der Waals surface area contributed by atoms with Crippen LogP contribution in [0, 0.1) is 5.92 Å². The molecule has 3 heteroatoms. The van der Waals surface area contributed by atoms with Gasteiger partial charge in [-0.3, -0.25) is 4.79 Å². The predicted octanol–water partition coefficient (Wildman–Crippen LogP) is 2.54. The number of carbonyl (C=O) groups is 1. The van der Waals surface area contributed by atoms with Crippen molar-refractivity contribution in [1.82, 2.24) is 4.90 Å². The number of benzene rings is 1. The zero-order valence-electron chi connectivity index (χ0n) is 10.4. The third-order valence-corrected chi connectivity index (χ3v) is 3.03. The van der Waals surface area contributed by atoms with Crippen LogP contribution in [-0.2, 0) is 11.3 Å². The minimum absolute atomic E-state index is 0.0351. The maximum Gasteiger partial charge on any atom is 0.225 e. The fourth-order valence-electron chi connectivity index (χ4n) is 1.96. The number of aromatic hydroxyl groups is 1. The Balaban J connectivity index is 2.10. The third-order valence-electron chi connectivity index (χ3n) is 3.03. The number of nitrogens with zero attached hydrogens (tertiary/aromatic N) is 1. The topological polar surface area (TPSA) is 40.5 Å². The first-order valence-corrected chi connectivity index (χ1v) is 6.16. The van der Waals surface area contributed by atoms with Crippen LogP contribution in [-0.4, -0.2) is 22.0 Å². The van der Waals surface area contributed by atoms with E-state index in [9.17, 15) is 9.90 Å². The molecule has 1 amide bonds. The smallest absolute Gasteiger partial charge is 0.225 e. The molecule has 0 bridgehead atoms. The van der Waals surface area contributed by atoms with Crippen molar-refractivity contribution >= 4 is 5.91 Å². The molecule has 1 fully saturated rings. The highest BCUT2D eigenvalue weighted by Crippen LogP contribution is 2.30. The summed E-state index contributed by atoms with van der Waals surface area (Å²) in [6.45, 7) is 4.47. The standard InChI is InChI=1S/C14H19NO2/c1-10(2)14(17)15(12-6-7-12)9-11-4-3-5-13(16)8-11/h3-5,8,10,12,16H,6-7,9H2,1-2H3. The van der Waals surface area contributed by atoms with E-state index < -0.39 is 0 Å². The molecule has 1 aromatic rings. The quantitative estimate of drug-likeness (QED) is 0.868. The Labute approximate surface area is 102 Å². The summed E-state index contributed by atoms with van der Waals surface area (Å²) in [5.74, 6) is 0.499. The fraction of sp³-hybridized carbons (Fsp3) is 0.500. The molecule has 0 aliphatic heterocycles. The Hall–Kier alpha value is -1.51. The molecule has 0 heterocycles. The molecule has 0 unspecified atom stereocenters. The van der Waals surface area contributed by atoms with Crippen LogP contribution in [0.15, 0.2) is 24.3 Å². The lowest BCUT2D eigenvalue weighted by Crippen LogP contribution is -2.35. The van der Waals surface area contributed by atoms with E-state index in [2.05, 4.69) is 0 Å². The van der Waals surface area contributed by atoms with E-state index in [1.165, 1.54) is 0 Å². The van der Waals surface area contributed by atoms with Crippen molar-refractivity contribution in [3.05, 3.63) is 29.8 Å². The van der Waals surface area contributed by atoms with Gasteiger partial charge in [0.2, 0.25) is 5.91 Å². The molecule has 0 aromatic heterocycles. The van der Waals surface area contributed by atoms with Crippen LogP contribution in [0.5, 0.6) is 5.75 Å². The highest BCUT2D eigenvalue weighted by atomic mass is 16.3. The second-order valence-corrected chi connectivity index (χ2v) is 5.02. The maximum absolute atomic E-state index is 12.1. The summed E-state index contributed by atoms with van der Waals surface area (Å²) in [6.07, 6.45) is 2.22. The van der Waals surface area contributed by atoms with Crippen LogP contribution in [0.1, 0.15) is 32.3 Å². The summed E-state index contributed by atoms with van der Waals surface area (Å²) in [5, 5.41) is 9.42. The molecule has 3 nitrogen and oxygen atoms in total. The Morgan fingerprint density at radius 2 is 2.18 bits per heavy atom. The first kappa shape index (κ1) is 12.0. The molecule has 1 aromatic carbocycles. The third kappa shape index (κ3) is 2.99. The summed E-state index contributed by atoms with van der Waals surface area (Å²) in [7, 11) is 0. The number of amides is 1. The van der Waals surface area contributed by atoms with Gasteiger partial charge in [0.05, 0.1) is 0 Å². The van der Waals surface area contributed by atoms with Crippen molar-refractivity contribution in [2.75, 3.05) is 0 Å². The first-order chi connectivity index (χ1) is 8.08. The van der Waals surface area contributed by atoms with Gasteiger partial charge in [0.1, 0.15) is 5.75 Å². The number of phenols is 1. The van der Waals surface area contributed by atoms with Gasteiger partial charge in [-0.25, -0.2) is 0 Å². The molecular formula is C14H19NO2. The predicted molar refractivity (Wildman–Crippen MR) is 66.5 cm³/mol. The average Bonchev–Trinajstić information content (AvgIpc) is 3.09. The lowest BCUT2D eigenvalue weighted by Gasteiger charge is -2.24. The number of carbonyl (C=O) groups excluding carboxylic acids is 1. The number of phenolic OH excluding ortho intramolecular Hbond substituents is 1. The number of hydrogen-bond acceptors (Lipinski definition) is 2. The van der Waals surface area contributed by atoms with E-state index >= 15 is 0 Å². The van der Waals surface area contributed by atoms with Gasteiger partial charge in [-0.15, -0.1) is 0 Å². The molecule has 0 saturated heterocycles. The highest BCUT2D eigenvalue weighted by Gasteiger charge is 2.33. The molecule has 92 valence electrons. The van der Waals surface area contributed by atoms with Crippen LogP contribution in [0.3, 0.4) is 0 Å². The van der Waals surface area contributed by atoms with Gasteiger partial charge in [-0.05, 0) is 30.5 Å². The normalized spacial score (nSPS) is 15.0. The van der Waals surface area contributed by atoms with Crippen molar-refractivity contribution in [2.24, 2.45) is 5.92 Å². The number of rotatable bonds is 4. The Kier molecular flexibility index (Phi) is 3.36. The van der Waals surface area contributed by atoms with Crippen LogP contribution in [0.25, 0.3) is 0 Å². The van der Waals surface area contributed by atoms with Crippen molar-refractivity contribution < 1.29 is 9.90 Å². The summed E-state index contributed by atoms with van der Waals surface area (Å²) in [4.78, 5) is 14.0. The van der Waals surface area contributed by atoms with E-state index in [0.29, 0.717) is 12.6 Å². The lowest BCUT2D eigenvalue weighted by molar-refractivity contribution is -0.135. The minimum Gasteiger partial charge on any atom is -0.508 e. The molecular weight excluding hydrogens is 214 g/mol. The SMILES string of the molecule is CC(C)C(=O)N(Cc1cccc(O)c1)C1CC1. The molecule has 0 spiro atoms. The van der Waals surface area contributed by atoms with Crippen molar-refractivity contribution in [2.45, 2.75) is 39.3 Å². The monoisotopic (exact) mass is 233 g/mol. The van der Waals surface area contributed by atoms with Crippen molar-refractivity contribution in [3.8, 4) is 5.75 Å². The summed E-state index contributed by atoms with van der Waals surface area (Å²) in [6, 6.07) is 7.54. The summed E-state index contributed by atoms with van der Waals surface area (Å²) in [5.41, 5.74) is 0.992. The van der Waals surface area contributed by atoms with E-state index in [-0.39, 0.29) is 17.6 Å².